The maximum atomic E-state index is 12.3. The van der Waals surface area contributed by atoms with Gasteiger partial charge in [-0.15, -0.1) is 11.8 Å². The zero-order valence-corrected chi connectivity index (χ0v) is 16.6. The number of para-hydroxylation sites is 1. The molecule has 0 radical (unpaired) electrons. The van der Waals surface area contributed by atoms with Crippen LogP contribution >= 0.6 is 11.8 Å². The Hall–Kier alpha value is -2.60. The largest absolute Gasteiger partial charge is 0.369 e. The minimum atomic E-state index is -3.29. The monoisotopic (exact) mass is 428 g/mol. The zero-order valence-electron chi connectivity index (χ0n) is 15.0. The number of carbonyl (C=O) groups is 4. The number of sulfone groups is 1. The summed E-state index contributed by atoms with van der Waals surface area (Å²) in [6.45, 7) is -0.519. The molecule has 1 aromatic carbocycles. The third-order valence-corrected chi connectivity index (χ3v) is 5.79. The number of primary amides is 1. The van der Waals surface area contributed by atoms with Gasteiger partial charge >= 0.3 is 6.03 Å². The van der Waals surface area contributed by atoms with E-state index in [1.54, 1.807) is 24.3 Å². The van der Waals surface area contributed by atoms with Crippen LogP contribution in [0.4, 0.5) is 10.5 Å². The molecule has 28 heavy (non-hydrogen) atoms. The molecule has 0 bridgehead atoms. The van der Waals surface area contributed by atoms with E-state index >= 15 is 0 Å². The molecule has 0 aliphatic carbocycles. The molecule has 2 rings (SSSR count). The molecule has 1 saturated heterocycles. The number of nitrogens with one attached hydrogen (secondary N) is 2. The van der Waals surface area contributed by atoms with E-state index in [0.717, 1.165) is 22.9 Å². The van der Waals surface area contributed by atoms with E-state index in [1.807, 2.05) is 0 Å². The number of nitrogens with two attached hydrogens (primary N) is 1. The average Bonchev–Trinajstić information content (AvgIpc) is 2.86. The third kappa shape index (κ3) is 6.23. The van der Waals surface area contributed by atoms with Gasteiger partial charge in [-0.2, -0.15) is 0 Å². The molecule has 5 amide bonds. The maximum absolute atomic E-state index is 12.3. The van der Waals surface area contributed by atoms with Crippen molar-refractivity contribution in [2.24, 2.45) is 5.73 Å². The van der Waals surface area contributed by atoms with Gasteiger partial charge < -0.3 is 16.4 Å². The Bertz CT molecular complexity index is 902. The van der Waals surface area contributed by atoms with Gasteiger partial charge in [0, 0.05) is 11.2 Å². The minimum absolute atomic E-state index is 0.0297. The number of thioether (sulfide) groups is 1. The number of urea groups is 1. The number of rotatable bonds is 9. The van der Waals surface area contributed by atoms with Gasteiger partial charge in [0.15, 0.2) is 0 Å². The Labute approximate surface area is 166 Å². The van der Waals surface area contributed by atoms with Gasteiger partial charge in [0.2, 0.25) is 11.8 Å². The van der Waals surface area contributed by atoms with Crippen LogP contribution in [0.25, 0.3) is 0 Å². The third-order valence-electron chi connectivity index (χ3n) is 3.72. The molecule has 152 valence electrons. The van der Waals surface area contributed by atoms with Crippen molar-refractivity contribution in [3.05, 3.63) is 24.3 Å². The van der Waals surface area contributed by atoms with Crippen molar-refractivity contribution in [2.75, 3.05) is 29.6 Å². The quantitative estimate of drug-likeness (QED) is 0.355. The molecule has 1 unspecified atom stereocenters. The van der Waals surface area contributed by atoms with Gasteiger partial charge in [-0.3, -0.25) is 19.3 Å². The fourth-order valence-corrected chi connectivity index (χ4v) is 3.84. The number of imide groups is 1. The van der Waals surface area contributed by atoms with Gasteiger partial charge in [0.1, 0.15) is 22.4 Å². The average molecular weight is 428 g/mol. The predicted octanol–water partition coefficient (Wildman–Crippen LogP) is -0.442. The highest BCUT2D eigenvalue weighted by Gasteiger charge is 2.39. The lowest BCUT2D eigenvalue weighted by atomic mass is 10.2. The molecule has 1 aliphatic rings. The second-order valence-corrected chi connectivity index (χ2v) is 9.42. The first kappa shape index (κ1) is 21.7. The first-order chi connectivity index (χ1) is 13.1. The first-order valence-corrected chi connectivity index (χ1v) is 11.2. The molecular formula is C16H20N4O6S2. The van der Waals surface area contributed by atoms with Crippen molar-refractivity contribution < 1.29 is 27.6 Å². The molecule has 0 spiro atoms. The van der Waals surface area contributed by atoms with Gasteiger partial charge in [-0.1, -0.05) is 12.1 Å². The second kappa shape index (κ2) is 9.06. The van der Waals surface area contributed by atoms with Crippen molar-refractivity contribution in [3.63, 3.8) is 0 Å². The Morgan fingerprint density at radius 1 is 1.29 bits per heavy atom. The molecule has 1 fully saturated rings. The van der Waals surface area contributed by atoms with Crippen LogP contribution in [0.15, 0.2) is 29.2 Å². The summed E-state index contributed by atoms with van der Waals surface area (Å²) in [7, 11) is -3.29. The second-order valence-electron chi connectivity index (χ2n) is 6.14. The van der Waals surface area contributed by atoms with Crippen LogP contribution in [0, 0.1) is 0 Å². The summed E-state index contributed by atoms with van der Waals surface area (Å²) in [6.07, 6.45) is 0.973. The fourth-order valence-electron chi connectivity index (χ4n) is 2.43. The summed E-state index contributed by atoms with van der Waals surface area (Å²) >= 11 is 1.14. The maximum Gasteiger partial charge on any atom is 0.325 e. The Balaban J connectivity index is 1.99. The summed E-state index contributed by atoms with van der Waals surface area (Å²) < 4.78 is 22.5. The molecular weight excluding hydrogens is 408 g/mol. The fraction of sp³-hybridized carbons (Fsp3) is 0.375. The van der Waals surface area contributed by atoms with Gasteiger partial charge in [0.25, 0.3) is 5.91 Å². The number of hydrogen-bond donors (Lipinski definition) is 3. The number of benzene rings is 1. The van der Waals surface area contributed by atoms with Crippen LogP contribution in [0.3, 0.4) is 0 Å². The highest BCUT2D eigenvalue weighted by molar-refractivity contribution is 8.00. The molecule has 0 saturated carbocycles. The first-order valence-electron chi connectivity index (χ1n) is 8.16. The standard InChI is InChI=1S/C16H20N4O6S2/c1-28(25,26)7-6-11-15(23)20(16(24)19-11)8-14(22)18-10-4-2-3-5-12(10)27-9-13(17)21/h2-5,11H,6-9H2,1H3,(H2,17,21)(H,18,22)(H,19,24). The van der Waals surface area contributed by atoms with Crippen LogP contribution in [0.2, 0.25) is 0 Å². The lowest BCUT2D eigenvalue weighted by molar-refractivity contribution is -0.130. The number of carbonyl (C=O) groups excluding carboxylic acids is 4. The van der Waals surface area contributed by atoms with E-state index in [-0.39, 0.29) is 17.9 Å². The van der Waals surface area contributed by atoms with Crippen LogP contribution < -0.4 is 16.4 Å². The summed E-state index contributed by atoms with van der Waals surface area (Å²) in [4.78, 5) is 48.8. The molecule has 1 aliphatic heterocycles. The summed E-state index contributed by atoms with van der Waals surface area (Å²) in [5.41, 5.74) is 5.54. The number of anilines is 1. The van der Waals surface area contributed by atoms with Gasteiger partial charge in [0.05, 0.1) is 17.2 Å². The van der Waals surface area contributed by atoms with Gasteiger partial charge in [-0.25, -0.2) is 13.2 Å². The number of amides is 5. The van der Waals surface area contributed by atoms with Crippen molar-refractivity contribution >= 4 is 51.0 Å². The van der Waals surface area contributed by atoms with Gasteiger partial charge in [-0.05, 0) is 18.6 Å². The molecule has 1 aromatic rings. The highest BCUT2D eigenvalue weighted by Crippen LogP contribution is 2.26. The predicted molar refractivity (Wildman–Crippen MR) is 103 cm³/mol. The van der Waals surface area contributed by atoms with E-state index in [4.69, 9.17) is 5.73 Å². The van der Waals surface area contributed by atoms with Crippen LogP contribution in [-0.2, 0) is 24.2 Å². The van der Waals surface area contributed by atoms with Crippen LogP contribution in [-0.4, -0.2) is 67.4 Å². The Kier molecular flexibility index (Phi) is 7.02. The minimum Gasteiger partial charge on any atom is -0.369 e. The van der Waals surface area contributed by atoms with Crippen molar-refractivity contribution in [1.29, 1.82) is 0 Å². The lowest BCUT2D eigenvalue weighted by Gasteiger charge is -2.14. The van der Waals surface area contributed by atoms with Crippen molar-refractivity contribution in [1.82, 2.24) is 10.2 Å². The summed E-state index contributed by atoms with van der Waals surface area (Å²) in [5.74, 6) is -2.00. The molecule has 0 aromatic heterocycles. The SMILES string of the molecule is CS(=O)(=O)CCC1NC(=O)N(CC(=O)Nc2ccccc2SCC(N)=O)C1=O. The molecule has 1 heterocycles. The summed E-state index contributed by atoms with van der Waals surface area (Å²) in [5, 5.41) is 4.97. The van der Waals surface area contributed by atoms with Crippen LogP contribution in [0.5, 0.6) is 0 Å². The van der Waals surface area contributed by atoms with Crippen molar-refractivity contribution in [2.45, 2.75) is 17.4 Å². The summed E-state index contributed by atoms with van der Waals surface area (Å²) in [6, 6.07) is 4.98. The molecule has 1 atom stereocenters. The van der Waals surface area contributed by atoms with E-state index in [0.29, 0.717) is 10.6 Å². The lowest BCUT2D eigenvalue weighted by Crippen LogP contribution is -2.38. The topological polar surface area (TPSA) is 156 Å². The molecule has 4 N–H and O–H groups in total. The highest BCUT2D eigenvalue weighted by atomic mass is 32.2. The molecule has 12 heteroatoms. The number of hydrogen-bond acceptors (Lipinski definition) is 7. The molecule has 10 nitrogen and oxygen atoms in total. The number of nitrogens with zero attached hydrogens (tertiary/aromatic N) is 1. The zero-order chi connectivity index (χ0) is 20.9. The smallest absolute Gasteiger partial charge is 0.325 e. The van der Waals surface area contributed by atoms with E-state index in [2.05, 4.69) is 10.6 Å². The van der Waals surface area contributed by atoms with Crippen molar-refractivity contribution in [3.8, 4) is 0 Å². The normalized spacial score (nSPS) is 16.8. The van der Waals surface area contributed by atoms with E-state index < -0.39 is 46.2 Å². The Morgan fingerprint density at radius 2 is 1.96 bits per heavy atom. The van der Waals surface area contributed by atoms with E-state index in [9.17, 15) is 27.6 Å². The Morgan fingerprint density at radius 3 is 2.61 bits per heavy atom. The van der Waals surface area contributed by atoms with E-state index in [1.165, 1.54) is 0 Å². The van der Waals surface area contributed by atoms with Crippen LogP contribution in [0.1, 0.15) is 6.42 Å².